The van der Waals surface area contributed by atoms with E-state index in [2.05, 4.69) is 17.4 Å². The van der Waals surface area contributed by atoms with Gasteiger partial charge in [0, 0.05) is 17.0 Å². The Morgan fingerprint density at radius 1 is 1.29 bits per heavy atom. The molecule has 1 aromatic carbocycles. The molecule has 1 aromatic rings. The molecule has 1 N–H and O–H groups in total. The van der Waals surface area contributed by atoms with Crippen LogP contribution in [0.5, 0.6) is 0 Å². The molecule has 0 radical (unpaired) electrons. The highest BCUT2D eigenvalue weighted by Crippen LogP contribution is 2.37. The summed E-state index contributed by atoms with van der Waals surface area (Å²) in [6.45, 7) is 0. The zero-order valence-electron chi connectivity index (χ0n) is 8.46. The van der Waals surface area contributed by atoms with Crippen LogP contribution in [0.2, 0.25) is 5.02 Å². The van der Waals surface area contributed by atoms with E-state index in [1.165, 1.54) is 24.8 Å². The molecule has 0 bridgehead atoms. The van der Waals surface area contributed by atoms with Crippen molar-refractivity contribution in [3.05, 3.63) is 34.9 Å². The molecule has 1 nitrogen and oxygen atoms in total. The fourth-order valence-corrected chi connectivity index (χ4v) is 2.73. The minimum absolute atomic E-state index is 0.605. The van der Waals surface area contributed by atoms with Crippen LogP contribution in [0.1, 0.15) is 30.7 Å². The normalized spacial score (nSPS) is 26.7. The topological polar surface area (TPSA) is 12.0 Å². The van der Waals surface area contributed by atoms with Crippen LogP contribution >= 0.6 is 11.6 Å². The predicted octanol–water partition coefficient (Wildman–Crippen LogP) is 3.20. The van der Waals surface area contributed by atoms with Crippen LogP contribution in [0.3, 0.4) is 0 Å². The number of hydrogen-bond donors (Lipinski definition) is 1. The first-order chi connectivity index (χ1) is 6.83. The Kier molecular flexibility index (Phi) is 3.09. The van der Waals surface area contributed by atoms with Gasteiger partial charge in [-0.3, -0.25) is 0 Å². The van der Waals surface area contributed by atoms with Crippen LogP contribution in [-0.2, 0) is 0 Å². The Hall–Kier alpha value is -0.530. The van der Waals surface area contributed by atoms with Crippen molar-refractivity contribution >= 4 is 11.6 Å². The van der Waals surface area contributed by atoms with Crippen LogP contribution < -0.4 is 5.32 Å². The summed E-state index contributed by atoms with van der Waals surface area (Å²) in [5.41, 5.74) is 1.31. The fraction of sp³-hybridized carbons (Fsp3) is 0.500. The third-order valence-electron chi connectivity index (χ3n) is 3.19. The second-order valence-electron chi connectivity index (χ2n) is 3.95. The highest BCUT2D eigenvalue weighted by molar-refractivity contribution is 6.31. The number of benzene rings is 1. The minimum atomic E-state index is 0.605. The van der Waals surface area contributed by atoms with Gasteiger partial charge in [0.2, 0.25) is 0 Å². The molecule has 1 saturated carbocycles. The van der Waals surface area contributed by atoms with Crippen LogP contribution in [0.15, 0.2) is 24.3 Å². The lowest BCUT2D eigenvalue weighted by molar-refractivity contribution is 0.522. The number of likely N-dealkylation sites (N-methyl/N-ethyl adjacent to an activating group) is 1. The first-order valence-electron chi connectivity index (χ1n) is 5.24. The molecule has 14 heavy (non-hydrogen) atoms. The first kappa shape index (κ1) is 10.0. The molecule has 0 aromatic heterocycles. The van der Waals surface area contributed by atoms with E-state index in [1.54, 1.807) is 0 Å². The predicted molar refractivity (Wildman–Crippen MR) is 60.9 cm³/mol. The lowest BCUT2D eigenvalue weighted by Gasteiger charge is -2.20. The van der Waals surface area contributed by atoms with Crippen molar-refractivity contribution in [2.45, 2.75) is 31.2 Å². The fourth-order valence-electron chi connectivity index (χ4n) is 2.45. The lowest BCUT2D eigenvalue weighted by Crippen LogP contribution is -2.27. The Balaban J connectivity index is 2.26. The van der Waals surface area contributed by atoms with Crippen LogP contribution in [0, 0.1) is 0 Å². The van der Waals surface area contributed by atoms with Crippen LogP contribution in [0.4, 0.5) is 0 Å². The molecule has 0 heterocycles. The summed E-state index contributed by atoms with van der Waals surface area (Å²) in [5.74, 6) is 0.605. The molecule has 0 amide bonds. The van der Waals surface area contributed by atoms with Gasteiger partial charge >= 0.3 is 0 Å². The van der Waals surface area contributed by atoms with Crippen molar-refractivity contribution in [3.63, 3.8) is 0 Å². The molecule has 1 aliphatic carbocycles. The summed E-state index contributed by atoms with van der Waals surface area (Å²) in [6, 6.07) is 8.82. The maximum absolute atomic E-state index is 6.20. The van der Waals surface area contributed by atoms with E-state index in [0.717, 1.165) is 5.02 Å². The van der Waals surface area contributed by atoms with Crippen molar-refractivity contribution in [2.24, 2.45) is 0 Å². The maximum atomic E-state index is 6.20. The highest BCUT2D eigenvalue weighted by atomic mass is 35.5. The Morgan fingerprint density at radius 2 is 2.07 bits per heavy atom. The van der Waals surface area contributed by atoms with Gasteiger partial charge in [-0.05, 0) is 31.5 Å². The van der Waals surface area contributed by atoms with Gasteiger partial charge in [-0.25, -0.2) is 0 Å². The second kappa shape index (κ2) is 4.33. The quantitative estimate of drug-likeness (QED) is 0.789. The molecule has 0 saturated heterocycles. The smallest absolute Gasteiger partial charge is 0.0441 e. The van der Waals surface area contributed by atoms with Gasteiger partial charge in [-0.15, -0.1) is 0 Å². The van der Waals surface area contributed by atoms with Gasteiger partial charge in [0.1, 0.15) is 0 Å². The number of rotatable bonds is 2. The SMILES string of the molecule is CNC1CCCC1c1ccccc1Cl. The summed E-state index contributed by atoms with van der Waals surface area (Å²) in [4.78, 5) is 0. The van der Waals surface area contributed by atoms with Crippen molar-refractivity contribution in [2.75, 3.05) is 7.05 Å². The Bertz CT molecular complexity index is 311. The number of hydrogen-bond acceptors (Lipinski definition) is 1. The molecule has 2 heteroatoms. The first-order valence-corrected chi connectivity index (χ1v) is 5.62. The molecular formula is C12H16ClN. The summed E-state index contributed by atoms with van der Waals surface area (Å²) in [6.07, 6.45) is 3.84. The maximum Gasteiger partial charge on any atom is 0.0441 e. The van der Waals surface area contributed by atoms with Crippen LogP contribution in [-0.4, -0.2) is 13.1 Å². The van der Waals surface area contributed by atoms with Gasteiger partial charge < -0.3 is 5.32 Å². The molecular weight excluding hydrogens is 194 g/mol. The lowest BCUT2D eigenvalue weighted by atomic mass is 9.94. The average Bonchev–Trinajstić information content (AvgIpc) is 2.66. The van der Waals surface area contributed by atoms with E-state index in [9.17, 15) is 0 Å². The standard InChI is InChI=1S/C12H16ClN/c1-14-12-8-4-6-10(12)9-5-2-3-7-11(9)13/h2-3,5,7,10,12,14H,4,6,8H2,1H3. The zero-order chi connectivity index (χ0) is 9.97. The van der Waals surface area contributed by atoms with Gasteiger partial charge in [0.05, 0.1) is 0 Å². The molecule has 2 rings (SSSR count). The van der Waals surface area contributed by atoms with E-state index in [-0.39, 0.29) is 0 Å². The minimum Gasteiger partial charge on any atom is -0.316 e. The third kappa shape index (κ3) is 1.79. The molecule has 76 valence electrons. The molecule has 0 spiro atoms. The van der Waals surface area contributed by atoms with E-state index in [1.807, 2.05) is 19.2 Å². The van der Waals surface area contributed by atoms with Crippen molar-refractivity contribution in [1.82, 2.24) is 5.32 Å². The summed E-state index contributed by atoms with van der Waals surface area (Å²) >= 11 is 6.20. The van der Waals surface area contributed by atoms with E-state index in [4.69, 9.17) is 11.6 Å². The summed E-state index contributed by atoms with van der Waals surface area (Å²) in [7, 11) is 2.04. The van der Waals surface area contributed by atoms with Crippen molar-refractivity contribution in [1.29, 1.82) is 0 Å². The number of halogens is 1. The molecule has 1 fully saturated rings. The third-order valence-corrected chi connectivity index (χ3v) is 3.54. The molecule has 0 aliphatic heterocycles. The van der Waals surface area contributed by atoms with Crippen LogP contribution in [0.25, 0.3) is 0 Å². The largest absolute Gasteiger partial charge is 0.316 e. The van der Waals surface area contributed by atoms with Gasteiger partial charge in [-0.2, -0.15) is 0 Å². The average molecular weight is 210 g/mol. The van der Waals surface area contributed by atoms with Gasteiger partial charge in [0.25, 0.3) is 0 Å². The van der Waals surface area contributed by atoms with E-state index < -0.39 is 0 Å². The number of nitrogens with one attached hydrogen (secondary N) is 1. The van der Waals surface area contributed by atoms with Crippen molar-refractivity contribution < 1.29 is 0 Å². The molecule has 1 aliphatic rings. The van der Waals surface area contributed by atoms with E-state index in [0.29, 0.717) is 12.0 Å². The Labute approximate surface area is 90.5 Å². The second-order valence-corrected chi connectivity index (χ2v) is 4.36. The monoisotopic (exact) mass is 209 g/mol. The van der Waals surface area contributed by atoms with Gasteiger partial charge in [0.15, 0.2) is 0 Å². The van der Waals surface area contributed by atoms with E-state index >= 15 is 0 Å². The Morgan fingerprint density at radius 3 is 2.79 bits per heavy atom. The zero-order valence-corrected chi connectivity index (χ0v) is 9.22. The highest BCUT2D eigenvalue weighted by Gasteiger charge is 2.28. The molecule has 2 atom stereocenters. The molecule has 2 unspecified atom stereocenters. The van der Waals surface area contributed by atoms with Crippen molar-refractivity contribution in [3.8, 4) is 0 Å². The summed E-state index contributed by atoms with van der Waals surface area (Å²) in [5, 5.41) is 4.30. The van der Waals surface area contributed by atoms with Gasteiger partial charge in [-0.1, -0.05) is 36.2 Å². The summed E-state index contributed by atoms with van der Waals surface area (Å²) < 4.78 is 0.